The standard InChI is InChI=1S/C9H12FN3O/c1-6-4-7(2-3-8(6)10)14-9-5-11-13-12-9/h2-4,9,11-13H,5H2,1H3. The molecule has 4 nitrogen and oxygen atoms in total. The van der Waals surface area contributed by atoms with Crippen LogP contribution in [0.25, 0.3) is 0 Å². The van der Waals surface area contributed by atoms with Crippen LogP contribution in [0.3, 0.4) is 0 Å². The van der Waals surface area contributed by atoms with Gasteiger partial charge in [0, 0.05) is 0 Å². The molecule has 1 aromatic carbocycles. The Bertz CT molecular complexity index is 326. The number of benzene rings is 1. The highest BCUT2D eigenvalue weighted by Gasteiger charge is 2.14. The van der Waals surface area contributed by atoms with Crippen molar-refractivity contribution in [3.05, 3.63) is 29.6 Å². The molecule has 0 aliphatic carbocycles. The summed E-state index contributed by atoms with van der Waals surface area (Å²) in [5.74, 6) is 0.444. The van der Waals surface area contributed by atoms with Gasteiger partial charge in [0.15, 0.2) is 6.23 Å². The van der Waals surface area contributed by atoms with Gasteiger partial charge in [-0.05, 0) is 30.7 Å². The maximum atomic E-state index is 12.9. The van der Waals surface area contributed by atoms with Crippen molar-refractivity contribution < 1.29 is 9.13 Å². The molecule has 76 valence electrons. The van der Waals surface area contributed by atoms with E-state index in [-0.39, 0.29) is 12.0 Å². The minimum atomic E-state index is -0.215. The first-order chi connectivity index (χ1) is 6.75. The normalized spacial score (nSPS) is 21.1. The summed E-state index contributed by atoms with van der Waals surface area (Å²) in [7, 11) is 0. The molecule has 0 saturated carbocycles. The summed E-state index contributed by atoms with van der Waals surface area (Å²) >= 11 is 0. The molecule has 0 aromatic heterocycles. The van der Waals surface area contributed by atoms with E-state index in [0.29, 0.717) is 17.9 Å². The Morgan fingerprint density at radius 1 is 1.50 bits per heavy atom. The third kappa shape index (κ3) is 2.01. The second kappa shape index (κ2) is 3.91. The minimum Gasteiger partial charge on any atom is -0.473 e. The van der Waals surface area contributed by atoms with Crippen molar-refractivity contribution >= 4 is 0 Å². The van der Waals surface area contributed by atoms with Gasteiger partial charge in [-0.25, -0.2) is 15.2 Å². The van der Waals surface area contributed by atoms with Crippen molar-refractivity contribution in [1.82, 2.24) is 16.4 Å². The fourth-order valence-corrected chi connectivity index (χ4v) is 1.25. The molecule has 14 heavy (non-hydrogen) atoms. The van der Waals surface area contributed by atoms with Crippen LogP contribution in [0, 0.1) is 12.7 Å². The van der Waals surface area contributed by atoms with E-state index in [1.807, 2.05) is 0 Å². The van der Waals surface area contributed by atoms with Crippen molar-refractivity contribution in [2.24, 2.45) is 0 Å². The lowest BCUT2D eigenvalue weighted by Gasteiger charge is -2.12. The van der Waals surface area contributed by atoms with Crippen LogP contribution in [0.15, 0.2) is 18.2 Å². The van der Waals surface area contributed by atoms with Crippen molar-refractivity contribution in [3.8, 4) is 5.75 Å². The average molecular weight is 197 g/mol. The van der Waals surface area contributed by atoms with E-state index in [1.165, 1.54) is 6.07 Å². The second-order valence-electron chi connectivity index (χ2n) is 3.17. The average Bonchev–Trinajstić information content (AvgIpc) is 2.64. The molecule has 0 amide bonds. The predicted octanol–water partition coefficient (Wildman–Crippen LogP) is 0.451. The van der Waals surface area contributed by atoms with Crippen LogP contribution in [0.1, 0.15) is 5.56 Å². The van der Waals surface area contributed by atoms with Crippen LogP contribution in [0.5, 0.6) is 5.75 Å². The number of hydrogen-bond donors (Lipinski definition) is 3. The first-order valence-corrected chi connectivity index (χ1v) is 4.42. The molecular weight excluding hydrogens is 185 g/mol. The van der Waals surface area contributed by atoms with E-state index in [9.17, 15) is 4.39 Å². The SMILES string of the molecule is Cc1cc(OC2CNNN2)ccc1F. The molecule has 5 heteroatoms. The number of hydrazine groups is 2. The topological polar surface area (TPSA) is 45.3 Å². The number of ether oxygens (including phenoxy) is 1. The quantitative estimate of drug-likeness (QED) is 0.644. The Morgan fingerprint density at radius 2 is 2.36 bits per heavy atom. The van der Waals surface area contributed by atoms with Crippen molar-refractivity contribution in [2.45, 2.75) is 13.2 Å². The molecule has 2 rings (SSSR count). The number of halogens is 1. The molecule has 1 fully saturated rings. The van der Waals surface area contributed by atoms with Gasteiger partial charge in [-0.15, -0.1) is 0 Å². The Morgan fingerprint density at radius 3 is 3.00 bits per heavy atom. The van der Waals surface area contributed by atoms with Crippen LogP contribution in [-0.2, 0) is 0 Å². The smallest absolute Gasteiger partial charge is 0.177 e. The van der Waals surface area contributed by atoms with E-state index in [0.717, 1.165) is 0 Å². The molecule has 3 N–H and O–H groups in total. The van der Waals surface area contributed by atoms with Gasteiger partial charge < -0.3 is 4.74 Å². The van der Waals surface area contributed by atoms with Crippen LogP contribution < -0.4 is 21.1 Å². The first kappa shape index (κ1) is 9.39. The number of nitrogens with one attached hydrogen (secondary N) is 3. The molecule has 0 radical (unpaired) electrons. The summed E-state index contributed by atoms with van der Waals surface area (Å²) in [4.78, 5) is 0. The lowest BCUT2D eigenvalue weighted by molar-refractivity contribution is 0.191. The second-order valence-corrected chi connectivity index (χ2v) is 3.17. The zero-order valence-corrected chi connectivity index (χ0v) is 7.80. The van der Waals surface area contributed by atoms with Gasteiger partial charge >= 0.3 is 0 Å². The van der Waals surface area contributed by atoms with Crippen molar-refractivity contribution in [3.63, 3.8) is 0 Å². The van der Waals surface area contributed by atoms with Gasteiger partial charge in [0.25, 0.3) is 0 Å². The van der Waals surface area contributed by atoms with Crippen LogP contribution in [0.4, 0.5) is 4.39 Å². The third-order valence-corrected chi connectivity index (χ3v) is 2.02. The van der Waals surface area contributed by atoms with E-state index in [1.54, 1.807) is 19.1 Å². The van der Waals surface area contributed by atoms with Crippen molar-refractivity contribution in [2.75, 3.05) is 6.54 Å². The lowest BCUT2D eigenvalue weighted by Crippen LogP contribution is -2.36. The Labute approximate surface area is 81.4 Å². The molecule has 1 saturated heterocycles. The Kier molecular flexibility index (Phi) is 2.62. The lowest BCUT2D eigenvalue weighted by atomic mass is 10.2. The van der Waals surface area contributed by atoms with E-state index in [2.05, 4.69) is 16.4 Å². The first-order valence-electron chi connectivity index (χ1n) is 4.42. The van der Waals surface area contributed by atoms with E-state index < -0.39 is 0 Å². The highest BCUT2D eigenvalue weighted by Crippen LogP contribution is 2.16. The minimum absolute atomic E-state index is 0.125. The summed E-state index contributed by atoms with van der Waals surface area (Å²) in [6.07, 6.45) is -0.125. The van der Waals surface area contributed by atoms with Gasteiger partial charge in [-0.2, -0.15) is 5.53 Å². The zero-order valence-electron chi connectivity index (χ0n) is 7.80. The van der Waals surface area contributed by atoms with Gasteiger partial charge in [0.05, 0.1) is 6.54 Å². The monoisotopic (exact) mass is 197 g/mol. The number of rotatable bonds is 2. The molecule has 1 aliphatic rings. The van der Waals surface area contributed by atoms with Crippen LogP contribution in [0.2, 0.25) is 0 Å². The van der Waals surface area contributed by atoms with Crippen LogP contribution >= 0.6 is 0 Å². The number of aryl methyl sites for hydroxylation is 1. The summed E-state index contributed by atoms with van der Waals surface area (Å²) in [5, 5.41) is 0. The zero-order chi connectivity index (χ0) is 9.97. The largest absolute Gasteiger partial charge is 0.473 e. The Balaban J connectivity index is 2.05. The molecule has 1 heterocycles. The summed E-state index contributed by atoms with van der Waals surface area (Å²) in [5.41, 5.74) is 9.02. The molecule has 1 aliphatic heterocycles. The van der Waals surface area contributed by atoms with Gasteiger partial charge in [0.2, 0.25) is 0 Å². The highest BCUT2D eigenvalue weighted by molar-refractivity contribution is 5.29. The number of hydrogen-bond acceptors (Lipinski definition) is 4. The predicted molar refractivity (Wildman–Crippen MR) is 49.8 cm³/mol. The summed E-state index contributed by atoms with van der Waals surface area (Å²) < 4.78 is 18.4. The van der Waals surface area contributed by atoms with Crippen LogP contribution in [-0.4, -0.2) is 12.8 Å². The summed E-state index contributed by atoms with van der Waals surface area (Å²) in [6, 6.07) is 4.69. The van der Waals surface area contributed by atoms with Gasteiger partial charge in [0.1, 0.15) is 11.6 Å². The van der Waals surface area contributed by atoms with Gasteiger partial charge in [-0.3, -0.25) is 0 Å². The Hall–Kier alpha value is -1.17. The van der Waals surface area contributed by atoms with E-state index >= 15 is 0 Å². The highest BCUT2D eigenvalue weighted by atomic mass is 19.1. The molecule has 1 aromatic rings. The van der Waals surface area contributed by atoms with Crippen molar-refractivity contribution in [1.29, 1.82) is 0 Å². The molecular formula is C9H12FN3O. The molecule has 0 bridgehead atoms. The fourth-order valence-electron chi connectivity index (χ4n) is 1.25. The molecule has 1 unspecified atom stereocenters. The summed E-state index contributed by atoms with van der Waals surface area (Å²) in [6.45, 7) is 2.37. The van der Waals surface area contributed by atoms with Gasteiger partial charge in [-0.1, -0.05) is 0 Å². The third-order valence-electron chi connectivity index (χ3n) is 2.02. The molecule has 1 atom stereocenters. The fraction of sp³-hybridized carbons (Fsp3) is 0.333. The maximum absolute atomic E-state index is 12.9. The van der Waals surface area contributed by atoms with E-state index in [4.69, 9.17) is 4.74 Å². The maximum Gasteiger partial charge on any atom is 0.177 e. The molecule has 0 spiro atoms.